The zero-order chi connectivity index (χ0) is 14.8. The van der Waals surface area contributed by atoms with Crippen LogP contribution in [0.25, 0.3) is 0 Å². The molecule has 2 aromatic rings. The summed E-state index contributed by atoms with van der Waals surface area (Å²) in [4.78, 5) is 0. The van der Waals surface area contributed by atoms with E-state index in [2.05, 4.69) is 47.9 Å². The van der Waals surface area contributed by atoms with Gasteiger partial charge in [0.25, 0.3) is 0 Å². The van der Waals surface area contributed by atoms with E-state index >= 15 is 0 Å². The van der Waals surface area contributed by atoms with Gasteiger partial charge in [-0.25, -0.2) is 5.43 Å². The minimum Gasteiger partial charge on any atom is -0.275 e. The third kappa shape index (κ3) is 2.61. The summed E-state index contributed by atoms with van der Waals surface area (Å²) in [5.41, 5.74) is 8.06. The van der Waals surface area contributed by atoms with Crippen LogP contribution in [0.15, 0.2) is 30.5 Å². The highest BCUT2D eigenvalue weighted by Crippen LogP contribution is 2.40. The molecule has 1 fully saturated rings. The maximum atomic E-state index is 5.91. The average molecular weight is 284 g/mol. The Hall–Kier alpha value is -1.65. The van der Waals surface area contributed by atoms with Gasteiger partial charge in [0, 0.05) is 18.8 Å². The van der Waals surface area contributed by atoms with Crippen molar-refractivity contribution in [2.45, 2.75) is 44.6 Å². The first-order chi connectivity index (χ1) is 10.2. The summed E-state index contributed by atoms with van der Waals surface area (Å²) in [5, 5.41) is 4.55. The molecule has 1 aromatic heterocycles. The highest BCUT2D eigenvalue weighted by molar-refractivity contribution is 5.40. The maximum Gasteiger partial charge on any atom is 0.0746 e. The Balaban J connectivity index is 2.03. The lowest BCUT2D eigenvalue weighted by Crippen LogP contribution is -2.30. The van der Waals surface area contributed by atoms with Gasteiger partial charge in [0.1, 0.15) is 0 Å². The fraction of sp³-hybridized carbons (Fsp3) is 0.471. The van der Waals surface area contributed by atoms with Gasteiger partial charge in [0.2, 0.25) is 0 Å². The molecule has 3 rings (SSSR count). The molecule has 1 atom stereocenters. The molecule has 4 nitrogen and oxygen atoms in total. The van der Waals surface area contributed by atoms with Gasteiger partial charge in [0.05, 0.1) is 11.7 Å². The van der Waals surface area contributed by atoms with Crippen LogP contribution in [0.4, 0.5) is 0 Å². The van der Waals surface area contributed by atoms with E-state index in [0.717, 1.165) is 12.1 Å². The third-order valence-corrected chi connectivity index (χ3v) is 4.60. The molecule has 1 aliphatic rings. The van der Waals surface area contributed by atoms with Crippen LogP contribution in [-0.2, 0) is 13.5 Å². The second kappa shape index (κ2) is 6.00. The zero-order valence-electron chi connectivity index (χ0n) is 12.8. The van der Waals surface area contributed by atoms with Crippen LogP contribution in [0.2, 0.25) is 0 Å². The Bertz CT molecular complexity index is 613. The predicted octanol–water partition coefficient (Wildman–Crippen LogP) is 2.80. The first-order valence-electron chi connectivity index (χ1n) is 7.82. The Morgan fingerprint density at radius 2 is 2.10 bits per heavy atom. The summed E-state index contributed by atoms with van der Waals surface area (Å²) in [5.74, 6) is 6.60. The van der Waals surface area contributed by atoms with E-state index in [1.807, 2.05) is 11.7 Å². The molecule has 112 valence electrons. The summed E-state index contributed by atoms with van der Waals surface area (Å²) in [6.45, 7) is 2.14. The van der Waals surface area contributed by atoms with E-state index in [1.54, 1.807) is 0 Å². The first kappa shape index (κ1) is 14.3. The average Bonchev–Trinajstić information content (AvgIpc) is 2.81. The van der Waals surface area contributed by atoms with E-state index in [0.29, 0.717) is 5.92 Å². The number of aromatic nitrogens is 2. The molecule has 0 aliphatic heterocycles. The molecule has 1 aliphatic carbocycles. The Labute approximate surface area is 126 Å². The molecule has 1 unspecified atom stereocenters. The lowest BCUT2D eigenvalue weighted by Gasteiger charge is -2.30. The number of hydrogen-bond acceptors (Lipinski definition) is 3. The van der Waals surface area contributed by atoms with Gasteiger partial charge < -0.3 is 0 Å². The molecule has 0 radical (unpaired) electrons. The SMILES string of the molecule is CCc1nn(C)cc1C(NN)c1ccccc1C1CCC1. The third-order valence-electron chi connectivity index (χ3n) is 4.60. The van der Waals surface area contributed by atoms with E-state index in [4.69, 9.17) is 5.84 Å². The largest absolute Gasteiger partial charge is 0.275 e. The van der Waals surface area contributed by atoms with E-state index < -0.39 is 0 Å². The summed E-state index contributed by atoms with van der Waals surface area (Å²) >= 11 is 0. The van der Waals surface area contributed by atoms with Gasteiger partial charge in [-0.05, 0) is 36.3 Å². The predicted molar refractivity (Wildman–Crippen MR) is 84.8 cm³/mol. The molecule has 0 spiro atoms. The quantitative estimate of drug-likeness (QED) is 0.655. The van der Waals surface area contributed by atoms with Crippen molar-refractivity contribution in [2.75, 3.05) is 0 Å². The van der Waals surface area contributed by atoms with Crippen LogP contribution in [0.3, 0.4) is 0 Å². The number of rotatable bonds is 5. The van der Waals surface area contributed by atoms with Crippen molar-refractivity contribution in [3.63, 3.8) is 0 Å². The summed E-state index contributed by atoms with van der Waals surface area (Å²) in [6, 6.07) is 8.71. The molecule has 0 saturated heterocycles. The van der Waals surface area contributed by atoms with Crippen molar-refractivity contribution in [1.82, 2.24) is 15.2 Å². The van der Waals surface area contributed by atoms with Crippen LogP contribution >= 0.6 is 0 Å². The van der Waals surface area contributed by atoms with Gasteiger partial charge >= 0.3 is 0 Å². The van der Waals surface area contributed by atoms with Gasteiger partial charge in [0.15, 0.2) is 0 Å². The van der Waals surface area contributed by atoms with E-state index in [1.165, 1.54) is 36.0 Å². The highest BCUT2D eigenvalue weighted by Gasteiger charge is 2.26. The van der Waals surface area contributed by atoms with Crippen molar-refractivity contribution in [2.24, 2.45) is 12.9 Å². The molecule has 1 saturated carbocycles. The van der Waals surface area contributed by atoms with E-state index in [-0.39, 0.29) is 6.04 Å². The number of nitrogens with one attached hydrogen (secondary N) is 1. The molecule has 0 amide bonds. The molecule has 4 heteroatoms. The fourth-order valence-electron chi connectivity index (χ4n) is 3.28. The topological polar surface area (TPSA) is 55.9 Å². The Kier molecular flexibility index (Phi) is 4.08. The number of aryl methyl sites for hydroxylation is 2. The second-order valence-corrected chi connectivity index (χ2v) is 5.91. The number of hydrogen-bond donors (Lipinski definition) is 2. The molecular weight excluding hydrogens is 260 g/mol. The lowest BCUT2D eigenvalue weighted by molar-refractivity contribution is 0.414. The highest BCUT2D eigenvalue weighted by atomic mass is 15.3. The molecule has 3 N–H and O–H groups in total. The maximum absolute atomic E-state index is 5.91. The molecule has 0 bridgehead atoms. The van der Waals surface area contributed by atoms with Crippen LogP contribution in [-0.4, -0.2) is 9.78 Å². The summed E-state index contributed by atoms with van der Waals surface area (Å²) in [7, 11) is 1.97. The van der Waals surface area contributed by atoms with Crippen molar-refractivity contribution in [1.29, 1.82) is 0 Å². The summed E-state index contributed by atoms with van der Waals surface area (Å²) in [6.07, 6.45) is 6.93. The molecule has 1 aromatic carbocycles. The molecule has 21 heavy (non-hydrogen) atoms. The van der Waals surface area contributed by atoms with Crippen molar-refractivity contribution in [3.05, 3.63) is 52.8 Å². The molecular formula is C17H24N4. The number of nitrogens with zero attached hydrogens (tertiary/aromatic N) is 2. The number of benzene rings is 1. The summed E-state index contributed by atoms with van der Waals surface area (Å²) < 4.78 is 1.88. The van der Waals surface area contributed by atoms with Crippen molar-refractivity contribution < 1.29 is 0 Å². The second-order valence-electron chi connectivity index (χ2n) is 5.91. The van der Waals surface area contributed by atoms with Crippen molar-refractivity contribution >= 4 is 0 Å². The standard InChI is InChI=1S/C17H24N4/c1-3-16-15(11-21(2)20-16)17(19-18)14-10-5-4-9-13(14)12-7-6-8-12/h4-5,9-12,17,19H,3,6-8,18H2,1-2H3. The number of nitrogens with two attached hydrogens (primary N) is 1. The van der Waals surface area contributed by atoms with Gasteiger partial charge in [-0.2, -0.15) is 5.10 Å². The van der Waals surface area contributed by atoms with Crippen LogP contribution in [0, 0.1) is 0 Å². The lowest BCUT2D eigenvalue weighted by atomic mass is 9.76. The van der Waals surface area contributed by atoms with Crippen molar-refractivity contribution in [3.8, 4) is 0 Å². The number of hydrazine groups is 1. The van der Waals surface area contributed by atoms with E-state index in [9.17, 15) is 0 Å². The Morgan fingerprint density at radius 1 is 1.33 bits per heavy atom. The minimum atomic E-state index is 0.0189. The van der Waals surface area contributed by atoms with Crippen LogP contribution in [0.1, 0.15) is 60.5 Å². The smallest absolute Gasteiger partial charge is 0.0746 e. The normalized spacial score (nSPS) is 16.7. The first-order valence-corrected chi connectivity index (χ1v) is 7.82. The monoisotopic (exact) mass is 284 g/mol. The minimum absolute atomic E-state index is 0.0189. The van der Waals surface area contributed by atoms with Crippen LogP contribution < -0.4 is 11.3 Å². The van der Waals surface area contributed by atoms with Crippen LogP contribution in [0.5, 0.6) is 0 Å². The van der Waals surface area contributed by atoms with Gasteiger partial charge in [-0.1, -0.05) is 37.6 Å². The van der Waals surface area contributed by atoms with Gasteiger partial charge in [-0.3, -0.25) is 10.5 Å². The molecule has 1 heterocycles. The van der Waals surface area contributed by atoms with Gasteiger partial charge in [-0.15, -0.1) is 0 Å². The zero-order valence-corrected chi connectivity index (χ0v) is 12.8. The Morgan fingerprint density at radius 3 is 2.71 bits per heavy atom. The fourth-order valence-corrected chi connectivity index (χ4v) is 3.28.